The second-order valence-corrected chi connectivity index (χ2v) is 8.46. The highest BCUT2D eigenvalue weighted by Gasteiger charge is 2.37. The Balaban J connectivity index is 1.33. The summed E-state index contributed by atoms with van der Waals surface area (Å²) in [6.45, 7) is 0.516. The smallest absolute Gasteiger partial charge is 0.239 e. The SMILES string of the molecule is O=C(Nc1ccc(SCc2cccnc2)cc1)C1CCN(c2ccc(Cl)cc2)C1=O. The Bertz CT molecular complexity index is 1030. The van der Waals surface area contributed by atoms with Crippen molar-refractivity contribution in [2.45, 2.75) is 17.1 Å². The molecule has 1 N–H and O–H groups in total. The number of carbonyl (C=O) groups excluding carboxylic acids is 2. The lowest BCUT2D eigenvalue weighted by atomic mass is 10.1. The van der Waals surface area contributed by atoms with Crippen LogP contribution in [0.2, 0.25) is 5.02 Å². The van der Waals surface area contributed by atoms with Crippen molar-refractivity contribution < 1.29 is 9.59 Å². The van der Waals surface area contributed by atoms with Gasteiger partial charge in [-0.3, -0.25) is 14.6 Å². The molecule has 1 fully saturated rings. The summed E-state index contributed by atoms with van der Waals surface area (Å²) in [5.41, 5.74) is 2.60. The number of hydrogen-bond acceptors (Lipinski definition) is 4. The number of benzene rings is 2. The molecule has 2 aromatic carbocycles. The lowest BCUT2D eigenvalue weighted by molar-refractivity contribution is -0.129. The fraction of sp³-hybridized carbons (Fsp3) is 0.174. The van der Waals surface area contributed by atoms with Gasteiger partial charge in [0, 0.05) is 46.0 Å². The number of anilines is 2. The highest BCUT2D eigenvalue weighted by Crippen LogP contribution is 2.28. The van der Waals surface area contributed by atoms with Crippen LogP contribution in [0.4, 0.5) is 11.4 Å². The van der Waals surface area contributed by atoms with E-state index in [-0.39, 0.29) is 11.8 Å². The Hall–Kier alpha value is -2.83. The van der Waals surface area contributed by atoms with E-state index in [1.54, 1.807) is 47.1 Å². The van der Waals surface area contributed by atoms with E-state index in [0.717, 1.165) is 21.9 Å². The number of carbonyl (C=O) groups is 2. The monoisotopic (exact) mass is 437 g/mol. The average molecular weight is 438 g/mol. The molecule has 0 spiro atoms. The first kappa shape index (κ1) is 20.4. The van der Waals surface area contributed by atoms with Crippen LogP contribution in [-0.4, -0.2) is 23.3 Å². The molecule has 3 aromatic rings. The molecule has 2 heterocycles. The third-order valence-electron chi connectivity index (χ3n) is 4.91. The molecule has 1 aromatic heterocycles. The van der Waals surface area contributed by atoms with Gasteiger partial charge in [-0.05, 0) is 66.6 Å². The van der Waals surface area contributed by atoms with Crippen LogP contribution in [0.1, 0.15) is 12.0 Å². The van der Waals surface area contributed by atoms with E-state index in [9.17, 15) is 9.59 Å². The highest BCUT2D eigenvalue weighted by molar-refractivity contribution is 7.98. The van der Waals surface area contributed by atoms with Crippen molar-refractivity contribution >= 4 is 46.6 Å². The predicted molar refractivity (Wildman–Crippen MR) is 121 cm³/mol. The van der Waals surface area contributed by atoms with E-state index in [1.165, 1.54) is 0 Å². The molecule has 5 nitrogen and oxygen atoms in total. The third-order valence-corrected chi connectivity index (χ3v) is 6.25. The van der Waals surface area contributed by atoms with Crippen molar-refractivity contribution in [1.82, 2.24) is 4.98 Å². The van der Waals surface area contributed by atoms with Crippen molar-refractivity contribution in [1.29, 1.82) is 0 Å². The normalized spacial score (nSPS) is 16.0. The maximum absolute atomic E-state index is 12.7. The number of aromatic nitrogens is 1. The third kappa shape index (κ3) is 4.83. The Kier molecular flexibility index (Phi) is 6.35. The maximum Gasteiger partial charge on any atom is 0.239 e. The quantitative estimate of drug-likeness (QED) is 0.434. The lowest BCUT2D eigenvalue weighted by Crippen LogP contribution is -2.33. The van der Waals surface area contributed by atoms with Crippen LogP contribution in [0, 0.1) is 5.92 Å². The molecule has 0 bridgehead atoms. The summed E-state index contributed by atoms with van der Waals surface area (Å²) >= 11 is 7.62. The molecule has 4 rings (SSSR count). The molecule has 2 amide bonds. The van der Waals surface area contributed by atoms with E-state index in [2.05, 4.69) is 10.3 Å². The first-order valence-electron chi connectivity index (χ1n) is 9.60. The number of nitrogens with one attached hydrogen (secondary N) is 1. The minimum Gasteiger partial charge on any atom is -0.325 e. The molecule has 30 heavy (non-hydrogen) atoms. The Morgan fingerprint density at radius 3 is 2.60 bits per heavy atom. The van der Waals surface area contributed by atoms with E-state index in [0.29, 0.717) is 23.7 Å². The van der Waals surface area contributed by atoms with Crippen LogP contribution in [0.25, 0.3) is 0 Å². The van der Waals surface area contributed by atoms with Crippen LogP contribution in [-0.2, 0) is 15.3 Å². The van der Waals surface area contributed by atoms with Gasteiger partial charge in [-0.2, -0.15) is 0 Å². The number of amides is 2. The van der Waals surface area contributed by atoms with Gasteiger partial charge in [-0.1, -0.05) is 17.7 Å². The first-order chi connectivity index (χ1) is 14.6. The van der Waals surface area contributed by atoms with E-state index >= 15 is 0 Å². The summed E-state index contributed by atoms with van der Waals surface area (Å²) in [6.07, 6.45) is 4.11. The van der Waals surface area contributed by atoms with Crippen LogP contribution in [0.15, 0.2) is 78.0 Å². The lowest BCUT2D eigenvalue weighted by Gasteiger charge is -2.17. The summed E-state index contributed by atoms with van der Waals surface area (Å²) in [4.78, 5) is 32.2. The summed E-state index contributed by atoms with van der Waals surface area (Å²) in [5.74, 6) is -0.303. The summed E-state index contributed by atoms with van der Waals surface area (Å²) < 4.78 is 0. The minimum atomic E-state index is -0.680. The second kappa shape index (κ2) is 9.32. The number of thioether (sulfide) groups is 1. The van der Waals surface area contributed by atoms with Crippen molar-refractivity contribution in [3.05, 3.63) is 83.6 Å². The zero-order valence-electron chi connectivity index (χ0n) is 16.1. The molecule has 1 saturated heterocycles. The standard InChI is InChI=1S/C23H20ClN3O2S/c24-17-3-7-19(8-4-17)27-13-11-21(23(27)29)22(28)26-18-5-9-20(10-6-18)30-15-16-2-1-12-25-14-16/h1-10,12,14,21H,11,13,15H2,(H,26,28). The largest absolute Gasteiger partial charge is 0.325 e. The van der Waals surface area contributed by atoms with E-state index in [1.807, 2.05) is 42.6 Å². The molecule has 0 aliphatic carbocycles. The van der Waals surface area contributed by atoms with E-state index < -0.39 is 5.92 Å². The average Bonchev–Trinajstić information content (AvgIpc) is 3.16. The molecule has 0 radical (unpaired) electrons. The van der Waals surface area contributed by atoms with Crippen LogP contribution >= 0.6 is 23.4 Å². The maximum atomic E-state index is 12.7. The van der Waals surface area contributed by atoms with Gasteiger partial charge in [0.15, 0.2) is 0 Å². The summed E-state index contributed by atoms with van der Waals surface area (Å²) in [7, 11) is 0. The van der Waals surface area contributed by atoms with Crippen LogP contribution in [0.3, 0.4) is 0 Å². The molecule has 1 unspecified atom stereocenters. The number of hydrogen-bond donors (Lipinski definition) is 1. The summed E-state index contributed by atoms with van der Waals surface area (Å²) in [6, 6.07) is 18.7. The number of nitrogens with zero attached hydrogens (tertiary/aromatic N) is 2. The molecule has 0 saturated carbocycles. The Morgan fingerprint density at radius 1 is 1.13 bits per heavy atom. The van der Waals surface area contributed by atoms with Crippen LogP contribution in [0.5, 0.6) is 0 Å². The molecule has 152 valence electrons. The van der Waals surface area contributed by atoms with Gasteiger partial charge in [0.2, 0.25) is 11.8 Å². The molecule has 7 heteroatoms. The summed E-state index contributed by atoms with van der Waals surface area (Å²) in [5, 5.41) is 3.48. The Labute approximate surface area is 184 Å². The van der Waals surface area contributed by atoms with Crippen molar-refractivity contribution in [2.75, 3.05) is 16.8 Å². The number of halogens is 1. The van der Waals surface area contributed by atoms with Gasteiger partial charge in [-0.15, -0.1) is 11.8 Å². The molecular formula is C23H20ClN3O2S. The van der Waals surface area contributed by atoms with Crippen LogP contribution < -0.4 is 10.2 Å². The predicted octanol–water partition coefficient (Wildman–Crippen LogP) is 5.02. The van der Waals surface area contributed by atoms with Gasteiger partial charge >= 0.3 is 0 Å². The zero-order chi connectivity index (χ0) is 20.9. The van der Waals surface area contributed by atoms with Crippen molar-refractivity contribution in [2.24, 2.45) is 5.92 Å². The van der Waals surface area contributed by atoms with Gasteiger partial charge in [0.05, 0.1) is 0 Å². The first-order valence-corrected chi connectivity index (χ1v) is 11.0. The second-order valence-electron chi connectivity index (χ2n) is 6.97. The van der Waals surface area contributed by atoms with Gasteiger partial charge in [-0.25, -0.2) is 0 Å². The molecule has 1 atom stereocenters. The van der Waals surface area contributed by atoms with Crippen molar-refractivity contribution in [3.63, 3.8) is 0 Å². The zero-order valence-corrected chi connectivity index (χ0v) is 17.7. The fourth-order valence-corrected chi connectivity index (χ4v) is 4.27. The van der Waals surface area contributed by atoms with Gasteiger partial charge in [0.1, 0.15) is 5.92 Å². The van der Waals surface area contributed by atoms with E-state index in [4.69, 9.17) is 11.6 Å². The molecule has 1 aliphatic rings. The highest BCUT2D eigenvalue weighted by atomic mass is 35.5. The van der Waals surface area contributed by atoms with Gasteiger partial charge < -0.3 is 10.2 Å². The fourth-order valence-electron chi connectivity index (χ4n) is 3.31. The number of pyridine rings is 1. The minimum absolute atomic E-state index is 0.182. The molecular weight excluding hydrogens is 418 g/mol. The van der Waals surface area contributed by atoms with Gasteiger partial charge in [0.25, 0.3) is 0 Å². The Morgan fingerprint density at radius 2 is 1.90 bits per heavy atom. The number of rotatable bonds is 6. The molecule has 1 aliphatic heterocycles. The topological polar surface area (TPSA) is 62.3 Å². The van der Waals surface area contributed by atoms with Crippen molar-refractivity contribution in [3.8, 4) is 0 Å².